The molecule has 2 heterocycles. The van der Waals surface area contributed by atoms with E-state index in [4.69, 9.17) is 21.1 Å². The zero-order valence-corrected chi connectivity index (χ0v) is 19.1. The SMILES string of the molecule is CCOC(=O)c1c(NC(=O)COc2ccc(Cl)cc2)sc(C(=O)N2CCCCC2)c1C. The molecule has 7 nitrogen and oxygen atoms in total. The number of hydrogen-bond acceptors (Lipinski definition) is 6. The van der Waals surface area contributed by atoms with E-state index in [9.17, 15) is 14.4 Å². The summed E-state index contributed by atoms with van der Waals surface area (Å²) < 4.78 is 10.6. The number of halogens is 1. The molecule has 0 spiro atoms. The fraction of sp³-hybridized carbons (Fsp3) is 0.409. The summed E-state index contributed by atoms with van der Waals surface area (Å²) in [5.41, 5.74) is 0.736. The highest BCUT2D eigenvalue weighted by Gasteiger charge is 2.29. The molecule has 3 rings (SSSR count). The van der Waals surface area contributed by atoms with Crippen LogP contribution in [0.15, 0.2) is 24.3 Å². The number of carbonyl (C=O) groups is 3. The van der Waals surface area contributed by atoms with Crippen molar-refractivity contribution in [2.45, 2.75) is 33.1 Å². The molecule has 2 aromatic rings. The van der Waals surface area contributed by atoms with Gasteiger partial charge >= 0.3 is 5.97 Å². The fourth-order valence-corrected chi connectivity index (χ4v) is 4.64. The summed E-state index contributed by atoms with van der Waals surface area (Å²) in [7, 11) is 0. The number of thiophene rings is 1. The molecule has 9 heteroatoms. The third kappa shape index (κ3) is 5.77. The minimum Gasteiger partial charge on any atom is -0.484 e. The van der Waals surface area contributed by atoms with Crippen molar-refractivity contribution in [2.75, 3.05) is 31.6 Å². The molecule has 0 unspecified atom stereocenters. The lowest BCUT2D eigenvalue weighted by atomic mass is 10.1. The lowest BCUT2D eigenvalue weighted by Crippen LogP contribution is -2.35. The Hall–Kier alpha value is -2.58. The van der Waals surface area contributed by atoms with Crippen LogP contribution in [0.4, 0.5) is 5.00 Å². The normalized spacial score (nSPS) is 13.6. The lowest BCUT2D eigenvalue weighted by Gasteiger charge is -2.26. The van der Waals surface area contributed by atoms with Crippen LogP contribution in [0.3, 0.4) is 0 Å². The fourth-order valence-electron chi connectivity index (χ4n) is 3.34. The van der Waals surface area contributed by atoms with E-state index in [1.807, 2.05) is 0 Å². The van der Waals surface area contributed by atoms with Crippen LogP contribution >= 0.6 is 22.9 Å². The van der Waals surface area contributed by atoms with Crippen LogP contribution in [0.25, 0.3) is 0 Å². The van der Waals surface area contributed by atoms with Crippen LogP contribution in [0, 0.1) is 6.92 Å². The molecule has 1 fully saturated rings. The van der Waals surface area contributed by atoms with Gasteiger partial charge in [0.2, 0.25) is 0 Å². The van der Waals surface area contributed by atoms with Crippen molar-refractivity contribution in [1.29, 1.82) is 0 Å². The van der Waals surface area contributed by atoms with Crippen molar-refractivity contribution in [1.82, 2.24) is 4.90 Å². The van der Waals surface area contributed by atoms with Crippen LogP contribution < -0.4 is 10.1 Å². The van der Waals surface area contributed by atoms with Crippen LogP contribution in [-0.2, 0) is 9.53 Å². The number of likely N-dealkylation sites (tertiary alicyclic amines) is 1. The first kappa shape index (κ1) is 23.1. The molecular weight excluding hydrogens is 440 g/mol. The first-order chi connectivity index (χ1) is 14.9. The summed E-state index contributed by atoms with van der Waals surface area (Å²) in [6.07, 6.45) is 3.04. The Morgan fingerprint density at radius 2 is 1.81 bits per heavy atom. The van der Waals surface area contributed by atoms with Gasteiger partial charge in [0.15, 0.2) is 6.61 Å². The molecular formula is C22H25ClN2O5S. The van der Waals surface area contributed by atoms with Crippen LogP contribution in [0.2, 0.25) is 5.02 Å². The van der Waals surface area contributed by atoms with E-state index in [0.717, 1.165) is 30.6 Å². The molecule has 1 saturated heterocycles. The van der Waals surface area contributed by atoms with E-state index >= 15 is 0 Å². The molecule has 2 amide bonds. The number of esters is 1. The smallest absolute Gasteiger partial charge is 0.341 e. The van der Waals surface area contributed by atoms with Gasteiger partial charge < -0.3 is 19.7 Å². The topological polar surface area (TPSA) is 84.9 Å². The largest absolute Gasteiger partial charge is 0.484 e. The van der Waals surface area contributed by atoms with Gasteiger partial charge in [-0.15, -0.1) is 11.3 Å². The van der Waals surface area contributed by atoms with Crippen LogP contribution in [0.5, 0.6) is 5.75 Å². The van der Waals surface area contributed by atoms with Gasteiger partial charge in [0.25, 0.3) is 11.8 Å². The maximum absolute atomic E-state index is 13.0. The van der Waals surface area contributed by atoms with Crippen molar-refractivity contribution in [2.24, 2.45) is 0 Å². The summed E-state index contributed by atoms with van der Waals surface area (Å²) in [5.74, 6) is -0.638. The number of benzene rings is 1. The number of anilines is 1. The Morgan fingerprint density at radius 1 is 1.13 bits per heavy atom. The molecule has 0 aliphatic carbocycles. The number of carbonyl (C=O) groups excluding carboxylic acids is 3. The third-order valence-electron chi connectivity index (χ3n) is 4.90. The average molecular weight is 465 g/mol. The molecule has 0 radical (unpaired) electrons. The second-order valence-electron chi connectivity index (χ2n) is 7.12. The molecule has 166 valence electrons. The monoisotopic (exact) mass is 464 g/mol. The second-order valence-corrected chi connectivity index (χ2v) is 8.58. The zero-order chi connectivity index (χ0) is 22.4. The highest BCUT2D eigenvalue weighted by Crippen LogP contribution is 2.35. The van der Waals surface area contributed by atoms with Crippen molar-refractivity contribution in [3.05, 3.63) is 45.3 Å². The summed E-state index contributed by atoms with van der Waals surface area (Å²) in [5, 5.41) is 3.57. The zero-order valence-electron chi connectivity index (χ0n) is 17.5. The molecule has 0 saturated carbocycles. The van der Waals surface area contributed by atoms with E-state index in [1.54, 1.807) is 43.0 Å². The number of ether oxygens (including phenoxy) is 2. The standard InChI is InChI=1S/C22H25ClN2O5S/c1-3-29-22(28)18-14(2)19(21(27)25-11-5-4-6-12-25)31-20(18)24-17(26)13-30-16-9-7-15(23)8-10-16/h7-10H,3-6,11-13H2,1-2H3,(H,24,26). The average Bonchev–Trinajstić information content (AvgIpc) is 3.09. The van der Waals surface area contributed by atoms with E-state index in [0.29, 0.717) is 39.3 Å². The molecule has 1 aromatic carbocycles. The molecule has 0 bridgehead atoms. The van der Waals surface area contributed by atoms with Gasteiger partial charge in [0.05, 0.1) is 17.0 Å². The first-order valence-electron chi connectivity index (χ1n) is 10.2. The number of rotatable bonds is 7. The maximum atomic E-state index is 13.0. The summed E-state index contributed by atoms with van der Waals surface area (Å²) in [6, 6.07) is 6.64. The predicted molar refractivity (Wildman–Crippen MR) is 120 cm³/mol. The van der Waals surface area contributed by atoms with Gasteiger partial charge in [0.1, 0.15) is 10.8 Å². The Bertz CT molecular complexity index is 952. The first-order valence-corrected chi connectivity index (χ1v) is 11.4. The minimum absolute atomic E-state index is 0.120. The van der Waals surface area contributed by atoms with Crippen molar-refractivity contribution in [3.63, 3.8) is 0 Å². The molecule has 0 atom stereocenters. The quantitative estimate of drug-likeness (QED) is 0.608. The molecule has 31 heavy (non-hydrogen) atoms. The van der Waals surface area contributed by atoms with Gasteiger partial charge in [-0.1, -0.05) is 11.6 Å². The van der Waals surface area contributed by atoms with Gasteiger partial charge in [0, 0.05) is 18.1 Å². The third-order valence-corrected chi connectivity index (χ3v) is 6.35. The molecule has 1 aliphatic rings. The van der Waals surface area contributed by atoms with Gasteiger partial charge in [-0.05, 0) is 62.9 Å². The van der Waals surface area contributed by atoms with Crippen molar-refractivity contribution in [3.8, 4) is 5.75 Å². The van der Waals surface area contributed by atoms with Crippen molar-refractivity contribution >= 4 is 45.7 Å². The Morgan fingerprint density at radius 3 is 2.45 bits per heavy atom. The minimum atomic E-state index is -0.567. The number of piperidine rings is 1. The Balaban J connectivity index is 1.78. The number of nitrogens with one attached hydrogen (secondary N) is 1. The predicted octanol–water partition coefficient (Wildman–Crippen LogP) is 4.53. The number of amides is 2. The van der Waals surface area contributed by atoms with E-state index < -0.39 is 11.9 Å². The van der Waals surface area contributed by atoms with Gasteiger partial charge in [-0.25, -0.2) is 4.79 Å². The molecule has 1 aliphatic heterocycles. The number of hydrogen-bond donors (Lipinski definition) is 1. The highest BCUT2D eigenvalue weighted by molar-refractivity contribution is 7.18. The van der Waals surface area contributed by atoms with Crippen LogP contribution in [0.1, 0.15) is 51.8 Å². The van der Waals surface area contributed by atoms with E-state index in [1.165, 1.54) is 0 Å². The summed E-state index contributed by atoms with van der Waals surface area (Å²) >= 11 is 6.94. The lowest BCUT2D eigenvalue weighted by molar-refractivity contribution is -0.118. The van der Waals surface area contributed by atoms with Gasteiger partial charge in [-0.3, -0.25) is 9.59 Å². The highest BCUT2D eigenvalue weighted by atomic mass is 35.5. The van der Waals surface area contributed by atoms with Gasteiger partial charge in [-0.2, -0.15) is 0 Å². The summed E-state index contributed by atoms with van der Waals surface area (Å²) in [6.45, 7) is 4.74. The second kappa shape index (κ2) is 10.6. The van der Waals surface area contributed by atoms with Crippen LogP contribution in [-0.4, -0.2) is 49.0 Å². The molecule has 1 aromatic heterocycles. The van der Waals surface area contributed by atoms with E-state index in [-0.39, 0.29) is 24.7 Å². The molecule has 1 N–H and O–H groups in total. The van der Waals surface area contributed by atoms with E-state index in [2.05, 4.69) is 5.32 Å². The maximum Gasteiger partial charge on any atom is 0.341 e. The Labute approximate surface area is 190 Å². The Kier molecular flexibility index (Phi) is 7.92. The van der Waals surface area contributed by atoms with Crippen molar-refractivity contribution < 1.29 is 23.9 Å². The summed E-state index contributed by atoms with van der Waals surface area (Å²) in [4.78, 5) is 40.3. The number of nitrogens with zero attached hydrogens (tertiary/aromatic N) is 1.